The molecule has 0 spiro atoms. The van der Waals surface area contributed by atoms with Crippen molar-refractivity contribution in [1.82, 2.24) is 10.2 Å². The van der Waals surface area contributed by atoms with Crippen LogP contribution in [0.15, 0.2) is 59.6 Å². The minimum atomic E-state index is -0.159. The Morgan fingerprint density at radius 1 is 1.11 bits per heavy atom. The van der Waals surface area contributed by atoms with E-state index < -0.39 is 0 Å². The number of nitrogens with zero attached hydrogens (tertiary/aromatic N) is 2. The van der Waals surface area contributed by atoms with E-state index in [1.54, 1.807) is 31.0 Å². The standard InChI is InChI=1S/C21H21N3O2S/c1-4-27-20-11-10-19(23-24-20)15-6-5-7-16(13-15)22-21(25)18-9-8-17(26-3)12-14(18)2/h5-13H,4H2,1-3H3,(H,22,25). The highest BCUT2D eigenvalue weighted by molar-refractivity contribution is 7.99. The van der Waals surface area contributed by atoms with Gasteiger partial charge in [0.15, 0.2) is 0 Å². The molecule has 2 aromatic carbocycles. The molecule has 0 aliphatic carbocycles. The number of anilines is 1. The van der Waals surface area contributed by atoms with Gasteiger partial charge in [0.05, 0.1) is 12.8 Å². The lowest BCUT2D eigenvalue weighted by molar-refractivity contribution is 0.102. The van der Waals surface area contributed by atoms with Crippen LogP contribution in [0.2, 0.25) is 0 Å². The highest BCUT2D eigenvalue weighted by Crippen LogP contribution is 2.23. The van der Waals surface area contributed by atoms with Gasteiger partial charge in [-0.15, -0.1) is 22.0 Å². The lowest BCUT2D eigenvalue weighted by Crippen LogP contribution is -2.13. The predicted molar refractivity (Wildman–Crippen MR) is 110 cm³/mol. The van der Waals surface area contributed by atoms with Gasteiger partial charge in [-0.05, 0) is 60.7 Å². The molecular formula is C21H21N3O2S. The van der Waals surface area contributed by atoms with Crippen LogP contribution in [0, 0.1) is 6.92 Å². The maximum atomic E-state index is 12.6. The van der Waals surface area contributed by atoms with Crippen LogP contribution < -0.4 is 10.1 Å². The van der Waals surface area contributed by atoms with E-state index >= 15 is 0 Å². The Morgan fingerprint density at radius 2 is 1.96 bits per heavy atom. The van der Waals surface area contributed by atoms with Crippen molar-refractivity contribution in [2.75, 3.05) is 18.2 Å². The zero-order valence-corrected chi connectivity index (χ0v) is 16.3. The molecule has 1 N–H and O–H groups in total. The van der Waals surface area contributed by atoms with Gasteiger partial charge in [0.25, 0.3) is 5.91 Å². The van der Waals surface area contributed by atoms with E-state index in [0.717, 1.165) is 33.3 Å². The number of ether oxygens (including phenoxy) is 1. The first-order valence-electron chi connectivity index (χ1n) is 8.63. The number of aromatic nitrogens is 2. The van der Waals surface area contributed by atoms with Crippen LogP contribution in [0.1, 0.15) is 22.8 Å². The number of nitrogens with one attached hydrogen (secondary N) is 1. The number of aryl methyl sites for hydroxylation is 1. The fraction of sp³-hybridized carbons (Fsp3) is 0.190. The van der Waals surface area contributed by atoms with E-state index in [1.807, 2.05) is 49.4 Å². The van der Waals surface area contributed by atoms with Gasteiger partial charge in [-0.2, -0.15) is 0 Å². The molecule has 1 heterocycles. The molecule has 0 bridgehead atoms. The predicted octanol–water partition coefficient (Wildman–Crippen LogP) is 4.82. The summed E-state index contributed by atoms with van der Waals surface area (Å²) in [5.74, 6) is 1.53. The first kappa shape index (κ1) is 18.9. The molecule has 0 unspecified atom stereocenters. The fourth-order valence-corrected chi connectivity index (χ4v) is 3.23. The number of amides is 1. The Labute approximate surface area is 163 Å². The van der Waals surface area contributed by atoms with Crippen molar-refractivity contribution >= 4 is 23.4 Å². The largest absolute Gasteiger partial charge is 0.497 e. The summed E-state index contributed by atoms with van der Waals surface area (Å²) in [5, 5.41) is 12.4. The van der Waals surface area contributed by atoms with E-state index in [9.17, 15) is 4.79 Å². The number of methoxy groups -OCH3 is 1. The molecule has 138 valence electrons. The molecular weight excluding hydrogens is 358 g/mol. The van der Waals surface area contributed by atoms with Gasteiger partial charge in [-0.1, -0.05) is 19.1 Å². The Balaban J connectivity index is 1.78. The fourth-order valence-electron chi connectivity index (χ4n) is 2.67. The summed E-state index contributed by atoms with van der Waals surface area (Å²) in [6, 6.07) is 16.9. The first-order chi connectivity index (χ1) is 13.1. The molecule has 0 saturated carbocycles. The van der Waals surface area contributed by atoms with Gasteiger partial charge in [0.2, 0.25) is 0 Å². The van der Waals surface area contributed by atoms with E-state index in [0.29, 0.717) is 11.3 Å². The number of hydrogen-bond acceptors (Lipinski definition) is 5. The van der Waals surface area contributed by atoms with Gasteiger partial charge in [-0.25, -0.2) is 0 Å². The monoisotopic (exact) mass is 379 g/mol. The highest BCUT2D eigenvalue weighted by atomic mass is 32.2. The summed E-state index contributed by atoms with van der Waals surface area (Å²) in [6.45, 7) is 3.97. The van der Waals surface area contributed by atoms with Crippen molar-refractivity contribution in [3.63, 3.8) is 0 Å². The molecule has 0 saturated heterocycles. The van der Waals surface area contributed by atoms with Crippen molar-refractivity contribution in [1.29, 1.82) is 0 Å². The molecule has 0 aliphatic rings. The maximum absolute atomic E-state index is 12.6. The smallest absolute Gasteiger partial charge is 0.255 e. The number of rotatable bonds is 6. The summed E-state index contributed by atoms with van der Waals surface area (Å²) in [6.07, 6.45) is 0. The van der Waals surface area contributed by atoms with Crippen molar-refractivity contribution in [3.05, 3.63) is 65.7 Å². The first-order valence-corrected chi connectivity index (χ1v) is 9.62. The molecule has 6 heteroatoms. The van der Waals surface area contributed by atoms with E-state index in [4.69, 9.17) is 4.74 Å². The SMILES string of the molecule is CCSc1ccc(-c2cccc(NC(=O)c3ccc(OC)cc3C)c2)nn1. The second kappa shape index (κ2) is 8.68. The number of thioether (sulfide) groups is 1. The Bertz CT molecular complexity index is 942. The normalized spacial score (nSPS) is 10.5. The molecule has 1 aromatic heterocycles. The third-order valence-electron chi connectivity index (χ3n) is 4.03. The van der Waals surface area contributed by atoms with Crippen LogP contribution in [0.4, 0.5) is 5.69 Å². The van der Waals surface area contributed by atoms with Gasteiger partial charge >= 0.3 is 0 Å². The number of benzene rings is 2. The lowest BCUT2D eigenvalue weighted by atomic mass is 10.1. The summed E-state index contributed by atoms with van der Waals surface area (Å²) in [5.41, 5.74) is 3.85. The van der Waals surface area contributed by atoms with Crippen LogP contribution in [-0.2, 0) is 0 Å². The number of carbonyl (C=O) groups is 1. The Morgan fingerprint density at radius 3 is 2.63 bits per heavy atom. The average Bonchev–Trinajstić information content (AvgIpc) is 2.68. The van der Waals surface area contributed by atoms with Gasteiger partial charge < -0.3 is 10.1 Å². The molecule has 1 amide bonds. The van der Waals surface area contributed by atoms with Crippen LogP contribution in [0.25, 0.3) is 11.3 Å². The third-order valence-corrected chi connectivity index (χ3v) is 4.83. The van der Waals surface area contributed by atoms with Crippen molar-refractivity contribution in [2.24, 2.45) is 0 Å². The molecule has 0 aliphatic heterocycles. The summed E-state index contributed by atoms with van der Waals surface area (Å²) >= 11 is 1.65. The van der Waals surface area contributed by atoms with Gasteiger partial charge in [-0.3, -0.25) is 4.79 Å². The molecule has 0 radical (unpaired) electrons. The molecule has 0 atom stereocenters. The van der Waals surface area contributed by atoms with Crippen LogP contribution >= 0.6 is 11.8 Å². The molecule has 3 rings (SSSR count). The maximum Gasteiger partial charge on any atom is 0.255 e. The summed E-state index contributed by atoms with van der Waals surface area (Å²) in [4.78, 5) is 12.6. The summed E-state index contributed by atoms with van der Waals surface area (Å²) < 4.78 is 5.19. The molecule has 27 heavy (non-hydrogen) atoms. The average molecular weight is 379 g/mol. The van der Waals surface area contributed by atoms with Crippen molar-refractivity contribution in [3.8, 4) is 17.0 Å². The Hall–Kier alpha value is -2.86. The quantitative estimate of drug-likeness (QED) is 0.622. The topological polar surface area (TPSA) is 64.1 Å². The minimum Gasteiger partial charge on any atom is -0.497 e. The van der Waals surface area contributed by atoms with E-state index in [-0.39, 0.29) is 5.91 Å². The zero-order valence-electron chi connectivity index (χ0n) is 15.5. The number of hydrogen-bond donors (Lipinski definition) is 1. The van der Waals surface area contributed by atoms with Gasteiger partial charge in [0.1, 0.15) is 10.8 Å². The minimum absolute atomic E-state index is 0.159. The highest BCUT2D eigenvalue weighted by Gasteiger charge is 2.11. The van der Waals surface area contributed by atoms with E-state index in [2.05, 4.69) is 22.4 Å². The van der Waals surface area contributed by atoms with E-state index in [1.165, 1.54) is 0 Å². The zero-order chi connectivity index (χ0) is 19.2. The van der Waals surface area contributed by atoms with Crippen molar-refractivity contribution in [2.45, 2.75) is 18.9 Å². The summed E-state index contributed by atoms with van der Waals surface area (Å²) in [7, 11) is 1.61. The second-order valence-electron chi connectivity index (χ2n) is 5.91. The van der Waals surface area contributed by atoms with Gasteiger partial charge in [0, 0.05) is 16.8 Å². The molecule has 0 fully saturated rings. The van der Waals surface area contributed by atoms with Crippen molar-refractivity contribution < 1.29 is 9.53 Å². The third kappa shape index (κ3) is 4.65. The number of carbonyl (C=O) groups excluding carboxylic acids is 1. The van der Waals surface area contributed by atoms with Crippen LogP contribution in [0.5, 0.6) is 5.75 Å². The van der Waals surface area contributed by atoms with Crippen LogP contribution in [0.3, 0.4) is 0 Å². The Kier molecular flexibility index (Phi) is 6.08. The molecule has 5 nitrogen and oxygen atoms in total. The molecule has 3 aromatic rings. The second-order valence-corrected chi connectivity index (χ2v) is 7.19. The lowest BCUT2D eigenvalue weighted by Gasteiger charge is -2.10. The van der Waals surface area contributed by atoms with Crippen LogP contribution in [-0.4, -0.2) is 29.0 Å².